The minimum absolute atomic E-state index is 0.0179. The summed E-state index contributed by atoms with van der Waals surface area (Å²) in [5.41, 5.74) is -0.771. The van der Waals surface area contributed by atoms with Gasteiger partial charge in [-0.1, -0.05) is 42.5 Å². The fraction of sp³-hybridized carbons (Fsp3) is 0.321. The molecule has 1 amide bonds. The van der Waals surface area contributed by atoms with Gasteiger partial charge in [0, 0.05) is 56.6 Å². The first-order valence-corrected chi connectivity index (χ1v) is 14.2. The van der Waals surface area contributed by atoms with Gasteiger partial charge in [0.25, 0.3) is 0 Å². The maximum atomic E-state index is 14.7. The predicted octanol–water partition coefficient (Wildman–Crippen LogP) is 5.49. The number of halogens is 5. The normalized spacial score (nSPS) is 12.0. The van der Waals surface area contributed by atoms with Gasteiger partial charge in [0.1, 0.15) is 17.4 Å². The molecular formula is C28H29F5N2O4S. The van der Waals surface area contributed by atoms with Crippen LogP contribution in [0.2, 0.25) is 0 Å². The molecule has 0 heterocycles. The first-order chi connectivity index (χ1) is 18.8. The van der Waals surface area contributed by atoms with Crippen LogP contribution in [-0.4, -0.2) is 38.6 Å². The highest BCUT2D eigenvalue weighted by Gasteiger charge is 2.35. The van der Waals surface area contributed by atoms with Gasteiger partial charge in [0.2, 0.25) is 5.91 Å². The van der Waals surface area contributed by atoms with Crippen LogP contribution in [0.4, 0.5) is 22.0 Å². The highest BCUT2D eigenvalue weighted by Crippen LogP contribution is 2.33. The molecule has 0 aliphatic heterocycles. The van der Waals surface area contributed by atoms with Gasteiger partial charge in [-0.3, -0.25) is 9.69 Å². The standard InChI is InChI=1S/C28H29F5N2O4S/c1-19(36)34-16-23-25(29)14-22(15-26(23)40(2,37)38)39-13-7-12-35(17-20-8-4-3-5-9-20)18-21-10-6-11-24(27(21)30)28(31,32)33/h3-6,8-11,14-15H,7,12-13,16-18H2,1-2H3,(H,34,36). The van der Waals surface area contributed by atoms with Crippen molar-refractivity contribution in [3.8, 4) is 5.75 Å². The lowest BCUT2D eigenvalue weighted by atomic mass is 10.1. The van der Waals surface area contributed by atoms with Crippen molar-refractivity contribution in [3.63, 3.8) is 0 Å². The minimum atomic E-state index is -4.82. The van der Waals surface area contributed by atoms with Crippen LogP contribution in [0.25, 0.3) is 0 Å². The number of nitrogens with zero attached hydrogens (tertiary/aromatic N) is 1. The zero-order valence-electron chi connectivity index (χ0n) is 21.9. The van der Waals surface area contributed by atoms with Crippen LogP contribution < -0.4 is 10.1 Å². The molecular weight excluding hydrogens is 555 g/mol. The number of rotatable bonds is 12. The summed E-state index contributed by atoms with van der Waals surface area (Å²) in [5.74, 6) is -2.68. The Hall–Kier alpha value is -3.51. The van der Waals surface area contributed by atoms with Crippen molar-refractivity contribution in [1.29, 1.82) is 0 Å². The number of nitrogens with one attached hydrogen (secondary N) is 1. The Bertz CT molecular complexity index is 1430. The average Bonchev–Trinajstić information content (AvgIpc) is 2.86. The molecule has 0 atom stereocenters. The molecule has 0 fully saturated rings. The van der Waals surface area contributed by atoms with Crippen LogP contribution in [0.5, 0.6) is 5.75 Å². The quantitative estimate of drug-likeness (QED) is 0.225. The van der Waals surface area contributed by atoms with E-state index < -0.39 is 39.1 Å². The molecule has 3 rings (SSSR count). The van der Waals surface area contributed by atoms with Crippen LogP contribution in [0.15, 0.2) is 65.6 Å². The zero-order chi connectivity index (χ0) is 29.5. The lowest BCUT2D eigenvalue weighted by Crippen LogP contribution is -2.26. The van der Waals surface area contributed by atoms with Gasteiger partial charge in [0.05, 0.1) is 17.1 Å². The number of carbonyl (C=O) groups is 1. The summed E-state index contributed by atoms with van der Waals surface area (Å²) >= 11 is 0. The molecule has 0 unspecified atom stereocenters. The molecule has 216 valence electrons. The third-order valence-corrected chi connectivity index (χ3v) is 7.12. The van der Waals surface area contributed by atoms with E-state index in [0.717, 1.165) is 24.0 Å². The van der Waals surface area contributed by atoms with E-state index >= 15 is 0 Å². The van der Waals surface area contributed by atoms with Gasteiger partial charge < -0.3 is 10.1 Å². The Morgan fingerprint density at radius 1 is 1.00 bits per heavy atom. The van der Waals surface area contributed by atoms with Crippen LogP contribution in [0.3, 0.4) is 0 Å². The second kappa shape index (κ2) is 13.2. The number of benzene rings is 3. The number of carbonyl (C=O) groups excluding carboxylic acids is 1. The third kappa shape index (κ3) is 8.75. The van der Waals surface area contributed by atoms with Crippen molar-refractivity contribution in [1.82, 2.24) is 10.2 Å². The molecule has 40 heavy (non-hydrogen) atoms. The van der Waals surface area contributed by atoms with E-state index in [1.165, 1.54) is 19.1 Å². The summed E-state index contributed by atoms with van der Waals surface area (Å²) < 4.78 is 99.1. The van der Waals surface area contributed by atoms with Gasteiger partial charge in [-0.2, -0.15) is 13.2 Å². The van der Waals surface area contributed by atoms with Crippen LogP contribution >= 0.6 is 0 Å². The average molecular weight is 585 g/mol. The van der Waals surface area contributed by atoms with Crippen molar-refractivity contribution < 1.29 is 39.9 Å². The Balaban J connectivity index is 1.74. The van der Waals surface area contributed by atoms with Crippen molar-refractivity contribution in [3.05, 3.63) is 94.6 Å². The van der Waals surface area contributed by atoms with E-state index in [0.29, 0.717) is 19.0 Å². The molecule has 0 aliphatic rings. The first-order valence-electron chi connectivity index (χ1n) is 12.3. The molecule has 3 aromatic rings. The Morgan fingerprint density at radius 2 is 1.70 bits per heavy atom. The van der Waals surface area contributed by atoms with Gasteiger partial charge >= 0.3 is 6.18 Å². The maximum Gasteiger partial charge on any atom is 0.419 e. The number of hydrogen-bond acceptors (Lipinski definition) is 5. The minimum Gasteiger partial charge on any atom is -0.493 e. The Kier molecular flexibility index (Phi) is 10.3. The van der Waals surface area contributed by atoms with E-state index in [-0.39, 0.29) is 48.0 Å². The van der Waals surface area contributed by atoms with E-state index in [9.17, 15) is 35.2 Å². The monoisotopic (exact) mass is 584 g/mol. The summed E-state index contributed by atoms with van der Waals surface area (Å²) in [6, 6.07) is 14.5. The van der Waals surface area contributed by atoms with Gasteiger partial charge in [-0.25, -0.2) is 17.2 Å². The molecule has 1 N–H and O–H groups in total. The van der Waals surface area contributed by atoms with Crippen molar-refractivity contribution in [2.75, 3.05) is 19.4 Å². The van der Waals surface area contributed by atoms with E-state index in [1.54, 1.807) is 4.90 Å². The Labute approximate surface area is 229 Å². The molecule has 0 aliphatic carbocycles. The van der Waals surface area contributed by atoms with Crippen molar-refractivity contribution >= 4 is 15.7 Å². The Morgan fingerprint density at radius 3 is 2.33 bits per heavy atom. The topological polar surface area (TPSA) is 75.7 Å². The molecule has 0 bridgehead atoms. The summed E-state index contributed by atoms with van der Waals surface area (Å²) in [6.07, 6.45) is -3.59. The van der Waals surface area contributed by atoms with Gasteiger partial charge in [-0.15, -0.1) is 0 Å². The largest absolute Gasteiger partial charge is 0.493 e. The predicted molar refractivity (Wildman–Crippen MR) is 139 cm³/mol. The fourth-order valence-corrected chi connectivity index (χ4v) is 5.03. The van der Waals surface area contributed by atoms with Crippen molar-refractivity contribution in [2.45, 2.75) is 44.1 Å². The fourth-order valence-electron chi connectivity index (χ4n) is 4.08. The summed E-state index contributed by atoms with van der Waals surface area (Å²) in [5, 5.41) is 2.38. The smallest absolute Gasteiger partial charge is 0.419 e. The highest BCUT2D eigenvalue weighted by molar-refractivity contribution is 7.90. The van der Waals surface area contributed by atoms with E-state index in [2.05, 4.69) is 5.32 Å². The first kappa shape index (κ1) is 31.0. The molecule has 0 spiro atoms. The summed E-state index contributed by atoms with van der Waals surface area (Å²) in [4.78, 5) is 12.7. The number of alkyl halides is 3. The molecule has 0 saturated carbocycles. The SMILES string of the molecule is CC(=O)NCc1c(F)cc(OCCCN(Cc2ccccc2)Cc2cccc(C(F)(F)F)c2F)cc1S(C)(=O)=O. The van der Waals surface area contributed by atoms with Gasteiger partial charge in [0.15, 0.2) is 9.84 Å². The van der Waals surface area contributed by atoms with E-state index in [1.807, 2.05) is 30.3 Å². The summed E-state index contributed by atoms with van der Waals surface area (Å²) in [6.45, 7) is 1.43. The van der Waals surface area contributed by atoms with E-state index in [4.69, 9.17) is 4.74 Å². The molecule has 12 heteroatoms. The second-order valence-electron chi connectivity index (χ2n) is 9.24. The third-order valence-electron chi connectivity index (χ3n) is 5.96. The molecule has 0 saturated heterocycles. The zero-order valence-corrected chi connectivity index (χ0v) is 22.7. The number of hydrogen-bond donors (Lipinski definition) is 1. The number of amides is 1. The maximum absolute atomic E-state index is 14.7. The number of sulfone groups is 1. The lowest BCUT2D eigenvalue weighted by Gasteiger charge is -2.24. The molecule has 6 nitrogen and oxygen atoms in total. The highest BCUT2D eigenvalue weighted by atomic mass is 32.2. The number of ether oxygens (including phenoxy) is 1. The molecule has 3 aromatic carbocycles. The molecule has 0 radical (unpaired) electrons. The summed E-state index contributed by atoms with van der Waals surface area (Å²) in [7, 11) is -3.85. The lowest BCUT2D eigenvalue weighted by molar-refractivity contribution is -0.140. The second-order valence-corrected chi connectivity index (χ2v) is 11.2. The van der Waals surface area contributed by atoms with Crippen molar-refractivity contribution in [2.24, 2.45) is 0 Å². The van der Waals surface area contributed by atoms with Crippen LogP contribution in [-0.2, 0) is 40.4 Å². The van der Waals surface area contributed by atoms with Crippen LogP contribution in [0.1, 0.15) is 35.6 Å². The molecule has 0 aromatic heterocycles. The van der Waals surface area contributed by atoms with Gasteiger partial charge in [-0.05, 0) is 24.1 Å². The van der Waals surface area contributed by atoms with Crippen LogP contribution in [0, 0.1) is 11.6 Å².